The molecule has 0 saturated heterocycles. The Morgan fingerprint density at radius 3 is 2.67 bits per heavy atom. The Morgan fingerprint density at radius 1 is 1.41 bits per heavy atom. The van der Waals surface area contributed by atoms with Gasteiger partial charge in [-0.2, -0.15) is 25.7 Å². The molecule has 0 saturated carbocycles. The zero-order chi connectivity index (χ0) is 19.8. The molecule has 0 radical (unpaired) electrons. The number of nitrogens with zero attached hydrogens (tertiary/aromatic N) is 5. The number of esters is 1. The number of nitrogens with one attached hydrogen (secondary N) is 1. The summed E-state index contributed by atoms with van der Waals surface area (Å²) in [6, 6.07) is 10.2. The Balaban J connectivity index is 2.16. The zero-order valence-corrected chi connectivity index (χ0v) is 14.5. The Hall–Kier alpha value is -3.76. The van der Waals surface area contributed by atoms with Crippen molar-refractivity contribution in [1.29, 1.82) is 10.5 Å². The van der Waals surface area contributed by atoms with E-state index in [9.17, 15) is 9.59 Å². The fourth-order valence-corrected chi connectivity index (χ4v) is 2.29. The van der Waals surface area contributed by atoms with E-state index in [1.807, 2.05) is 6.92 Å². The van der Waals surface area contributed by atoms with Gasteiger partial charge in [-0.15, -0.1) is 0 Å². The molecule has 27 heavy (non-hydrogen) atoms. The predicted molar refractivity (Wildman–Crippen MR) is 95.9 cm³/mol. The zero-order valence-electron chi connectivity index (χ0n) is 14.5. The van der Waals surface area contributed by atoms with Crippen molar-refractivity contribution in [3.8, 4) is 12.1 Å². The van der Waals surface area contributed by atoms with E-state index in [-0.39, 0.29) is 37.2 Å². The van der Waals surface area contributed by atoms with Gasteiger partial charge in [0, 0.05) is 12.3 Å². The van der Waals surface area contributed by atoms with Crippen LogP contribution in [0.1, 0.15) is 18.9 Å². The van der Waals surface area contributed by atoms with Crippen LogP contribution in [-0.2, 0) is 14.3 Å². The van der Waals surface area contributed by atoms with Gasteiger partial charge in [-0.3, -0.25) is 15.0 Å². The van der Waals surface area contributed by atoms with Crippen molar-refractivity contribution in [3.05, 3.63) is 29.8 Å². The molecule has 0 fully saturated rings. The van der Waals surface area contributed by atoms with Crippen LogP contribution in [0.25, 0.3) is 0 Å². The summed E-state index contributed by atoms with van der Waals surface area (Å²) in [5.41, 5.74) is 9.53. The first-order chi connectivity index (χ1) is 13.0. The number of carbonyl (C=O) groups excluding carboxylic acids is 2. The lowest BCUT2D eigenvalue weighted by Gasteiger charge is -2.27. The number of nitrogens with two attached hydrogens (primary N) is 1. The molecular weight excluding hydrogens is 350 g/mol. The van der Waals surface area contributed by atoms with E-state index in [0.717, 1.165) is 10.6 Å². The number of hydrogen-bond acceptors (Lipinski definition) is 9. The van der Waals surface area contributed by atoms with Crippen LogP contribution in [0.2, 0.25) is 0 Å². The van der Waals surface area contributed by atoms with Crippen molar-refractivity contribution >= 4 is 29.0 Å². The van der Waals surface area contributed by atoms with Crippen molar-refractivity contribution < 1.29 is 14.3 Å². The first-order valence-electron chi connectivity index (χ1n) is 7.97. The fourth-order valence-electron chi connectivity index (χ4n) is 2.29. The lowest BCUT2D eigenvalue weighted by atomic mass is 9.94. The number of hydrazone groups is 2. The van der Waals surface area contributed by atoms with Crippen molar-refractivity contribution in [1.82, 2.24) is 5.01 Å². The van der Waals surface area contributed by atoms with Crippen LogP contribution >= 0.6 is 0 Å². The molecule has 3 N–H and O–H groups in total. The van der Waals surface area contributed by atoms with E-state index >= 15 is 0 Å². The second kappa shape index (κ2) is 9.08. The number of rotatable bonds is 6. The van der Waals surface area contributed by atoms with Crippen molar-refractivity contribution in [2.75, 3.05) is 18.7 Å². The molecule has 138 valence electrons. The van der Waals surface area contributed by atoms with Crippen LogP contribution in [0, 0.1) is 28.6 Å². The number of carbonyl (C=O) groups is 2. The number of anilines is 1. The van der Waals surface area contributed by atoms with Gasteiger partial charge in [0.1, 0.15) is 12.1 Å². The summed E-state index contributed by atoms with van der Waals surface area (Å²) >= 11 is 0. The maximum absolute atomic E-state index is 12.1. The molecule has 1 aliphatic heterocycles. The van der Waals surface area contributed by atoms with Crippen LogP contribution in [0.4, 0.5) is 5.69 Å². The molecule has 1 atom stereocenters. The van der Waals surface area contributed by atoms with Gasteiger partial charge in [0.25, 0.3) is 0 Å². The van der Waals surface area contributed by atoms with Crippen molar-refractivity contribution in [2.24, 2.45) is 21.9 Å². The average Bonchev–Trinajstić information content (AvgIpc) is 2.68. The van der Waals surface area contributed by atoms with Crippen LogP contribution in [0.5, 0.6) is 0 Å². The third kappa shape index (κ3) is 5.11. The molecule has 10 nitrogen and oxygen atoms in total. The highest BCUT2D eigenvalue weighted by molar-refractivity contribution is 6.10. The van der Waals surface area contributed by atoms with E-state index in [0.29, 0.717) is 11.4 Å². The van der Waals surface area contributed by atoms with Gasteiger partial charge in [-0.25, -0.2) is 0 Å². The largest absolute Gasteiger partial charge is 0.441 e. The van der Waals surface area contributed by atoms with Crippen LogP contribution in [-0.4, -0.2) is 41.6 Å². The molecule has 2 rings (SSSR count). The Bertz CT molecular complexity index is 846. The van der Waals surface area contributed by atoms with Gasteiger partial charge < -0.3 is 10.5 Å². The molecule has 1 amide bonds. The second-order valence-electron chi connectivity index (χ2n) is 5.61. The van der Waals surface area contributed by atoms with E-state index in [1.165, 1.54) is 0 Å². The average molecular weight is 367 g/mol. The van der Waals surface area contributed by atoms with Gasteiger partial charge in [0.05, 0.1) is 17.9 Å². The highest BCUT2D eigenvalue weighted by Crippen LogP contribution is 2.22. The summed E-state index contributed by atoms with van der Waals surface area (Å²) in [5.74, 6) is -0.980. The summed E-state index contributed by atoms with van der Waals surface area (Å²) in [7, 11) is 0. The van der Waals surface area contributed by atoms with Gasteiger partial charge in [-0.1, -0.05) is 19.1 Å². The third-order valence-corrected chi connectivity index (χ3v) is 3.67. The number of amides is 1. The molecule has 1 aromatic rings. The maximum Gasteiger partial charge on any atom is 0.321 e. The highest BCUT2D eigenvalue weighted by Gasteiger charge is 2.27. The molecule has 1 heterocycles. The van der Waals surface area contributed by atoms with Gasteiger partial charge in [0.15, 0.2) is 6.73 Å². The van der Waals surface area contributed by atoms with Gasteiger partial charge >= 0.3 is 5.97 Å². The lowest BCUT2D eigenvalue weighted by molar-refractivity contribution is -0.152. The molecule has 1 aliphatic rings. The second-order valence-corrected chi connectivity index (χ2v) is 5.61. The minimum absolute atomic E-state index is 0.112. The quantitative estimate of drug-likeness (QED) is 0.422. The highest BCUT2D eigenvalue weighted by atomic mass is 16.5. The van der Waals surface area contributed by atoms with Gasteiger partial charge in [0.2, 0.25) is 11.6 Å². The number of ether oxygens (including phenoxy) is 1. The van der Waals surface area contributed by atoms with Crippen molar-refractivity contribution in [3.63, 3.8) is 0 Å². The van der Waals surface area contributed by atoms with E-state index in [1.54, 1.807) is 36.4 Å². The predicted octanol–water partition coefficient (Wildman–Crippen LogP) is 0.534. The van der Waals surface area contributed by atoms with Crippen LogP contribution < -0.4 is 11.2 Å². The normalized spacial score (nSPS) is 15.9. The number of nitriles is 2. The minimum atomic E-state index is -0.622. The summed E-state index contributed by atoms with van der Waals surface area (Å²) in [5, 5.41) is 26.4. The first-order valence-corrected chi connectivity index (χ1v) is 7.97. The molecule has 0 unspecified atom stereocenters. The monoisotopic (exact) mass is 367 g/mol. The lowest BCUT2D eigenvalue weighted by Crippen LogP contribution is -2.38. The molecular formula is C17H17N7O3. The number of hydrogen-bond donors (Lipinski definition) is 2. The topological polar surface area (TPSA) is 157 Å². The van der Waals surface area contributed by atoms with E-state index in [2.05, 4.69) is 15.6 Å². The standard InChI is InChI=1S/C17H17N7O3/c1-11-6-15(25)24(10-27-16(26)9-20)23-17(11)12-2-4-13(5-3-12)21-22-14(7-18)8-19/h2-5,11,21H,6,9-10,20H2,1H3/t11-/m1/s1. The first kappa shape index (κ1) is 19.6. The summed E-state index contributed by atoms with van der Waals surface area (Å²) < 4.78 is 4.87. The Labute approximate surface area is 155 Å². The SMILES string of the molecule is C[C@@H]1CC(=O)N(COC(=O)CN)N=C1c1ccc(NN=C(C#N)C#N)cc1. The van der Waals surface area contributed by atoms with E-state index in [4.69, 9.17) is 21.0 Å². The summed E-state index contributed by atoms with van der Waals surface area (Å²) in [6.45, 7) is 1.32. The maximum atomic E-state index is 12.1. The molecule has 10 heteroatoms. The van der Waals surface area contributed by atoms with Crippen molar-refractivity contribution in [2.45, 2.75) is 13.3 Å². The molecule has 0 aromatic heterocycles. The third-order valence-electron chi connectivity index (χ3n) is 3.67. The van der Waals surface area contributed by atoms with Gasteiger partial charge in [-0.05, 0) is 17.7 Å². The minimum Gasteiger partial charge on any atom is -0.441 e. The molecule has 0 bridgehead atoms. The van der Waals surface area contributed by atoms with E-state index < -0.39 is 5.97 Å². The molecule has 0 spiro atoms. The van der Waals surface area contributed by atoms with Crippen LogP contribution in [0.3, 0.4) is 0 Å². The van der Waals surface area contributed by atoms with Crippen LogP contribution in [0.15, 0.2) is 34.5 Å². The Kier molecular flexibility index (Phi) is 6.58. The fraction of sp³-hybridized carbons (Fsp3) is 0.294. The molecule has 0 aliphatic carbocycles. The smallest absolute Gasteiger partial charge is 0.321 e. The number of benzene rings is 1. The molecule has 1 aromatic carbocycles. The summed E-state index contributed by atoms with van der Waals surface area (Å²) in [4.78, 5) is 23.2. The Morgan fingerprint density at radius 2 is 2.07 bits per heavy atom. The summed E-state index contributed by atoms with van der Waals surface area (Å²) in [6.07, 6.45) is 0.233.